The first-order valence-corrected chi connectivity index (χ1v) is 3.47. The molecule has 0 aromatic carbocycles. The van der Waals surface area contributed by atoms with Crippen LogP contribution in [0.2, 0.25) is 0 Å². The third-order valence-electron chi connectivity index (χ3n) is 1.40. The van der Waals surface area contributed by atoms with Crippen molar-refractivity contribution >= 4 is 18.6 Å². The van der Waals surface area contributed by atoms with Crippen LogP contribution in [0.4, 0.5) is 0 Å². The average Bonchev–Trinajstić information content (AvgIpc) is 1.60. The smallest absolute Gasteiger partial charge is 0.190 e. The van der Waals surface area contributed by atoms with Gasteiger partial charge in [-0.25, -0.2) is 0 Å². The minimum absolute atomic E-state index is 0.0394. The van der Waals surface area contributed by atoms with E-state index >= 15 is 0 Å². The van der Waals surface area contributed by atoms with Crippen molar-refractivity contribution in [2.75, 3.05) is 20.7 Å². The van der Waals surface area contributed by atoms with Crippen LogP contribution in [0.15, 0.2) is 0 Å². The summed E-state index contributed by atoms with van der Waals surface area (Å²) in [5.74, 6) is -0.0394. The highest BCUT2D eigenvalue weighted by atomic mass is 32.1. The van der Waals surface area contributed by atoms with Crippen LogP contribution in [-0.2, 0) is 4.79 Å². The second-order valence-electron chi connectivity index (χ2n) is 2.79. The molecule has 0 aliphatic heterocycles. The summed E-state index contributed by atoms with van der Waals surface area (Å²) in [7, 11) is 3.51. The Kier molecular flexibility index (Phi) is 3.35. The Labute approximate surface area is 66.8 Å². The number of nitrogens with zero attached hydrogens (tertiary/aromatic N) is 1. The minimum atomic E-state index is -0.414. The fourth-order valence-electron chi connectivity index (χ4n) is 0.773. The summed E-state index contributed by atoms with van der Waals surface area (Å²) in [5, 5.41) is 8.75. The van der Waals surface area contributed by atoms with E-state index in [-0.39, 0.29) is 16.3 Å². The zero-order valence-electron chi connectivity index (χ0n) is 6.53. The fourth-order valence-corrected chi connectivity index (χ4v) is 1.01. The van der Waals surface area contributed by atoms with E-state index in [0.717, 1.165) is 0 Å². The molecule has 0 aliphatic rings. The van der Waals surface area contributed by atoms with Crippen molar-refractivity contribution in [2.24, 2.45) is 0 Å². The van der Waals surface area contributed by atoms with Gasteiger partial charge in [0.05, 0.1) is 26.9 Å². The molecule has 0 amide bonds. The largest absolute Gasteiger partial charge is 0.390 e. The molecule has 1 atom stereocenters. The van der Waals surface area contributed by atoms with E-state index in [0.29, 0.717) is 0 Å². The van der Waals surface area contributed by atoms with Gasteiger partial charge in [0.1, 0.15) is 6.61 Å². The van der Waals surface area contributed by atoms with E-state index in [9.17, 15) is 4.79 Å². The average molecular weight is 164 g/mol. The molecule has 3 nitrogen and oxygen atoms in total. The van der Waals surface area contributed by atoms with Crippen LogP contribution >= 0.6 is 12.8 Å². The van der Waals surface area contributed by atoms with Gasteiger partial charge in [0.2, 0.25) is 0 Å². The molecule has 0 spiro atoms. The van der Waals surface area contributed by atoms with Gasteiger partial charge in [-0.15, -0.1) is 0 Å². The van der Waals surface area contributed by atoms with Gasteiger partial charge in [-0.3, -0.25) is 8.68 Å². The maximum atomic E-state index is 10.8. The van der Waals surface area contributed by atoms with Crippen LogP contribution < -0.4 is 0 Å². The summed E-state index contributed by atoms with van der Waals surface area (Å²) < 4.78 is 0.186. The molecule has 0 saturated carbocycles. The van der Waals surface area contributed by atoms with E-state index in [1.807, 2.05) is 0 Å². The lowest BCUT2D eigenvalue weighted by Crippen LogP contribution is -2.47. The predicted molar refractivity (Wildman–Crippen MR) is 42.6 cm³/mol. The van der Waals surface area contributed by atoms with Crippen molar-refractivity contribution in [2.45, 2.75) is 13.0 Å². The van der Waals surface area contributed by atoms with Crippen LogP contribution in [0.25, 0.3) is 0 Å². The molecule has 1 unspecified atom stereocenters. The van der Waals surface area contributed by atoms with Crippen LogP contribution in [0.1, 0.15) is 6.92 Å². The SMILES string of the molecule is CC(=O)C(CO)[N+](C)(C)S. The molecule has 0 bridgehead atoms. The van der Waals surface area contributed by atoms with E-state index in [2.05, 4.69) is 12.8 Å². The lowest BCUT2D eigenvalue weighted by atomic mass is 10.2. The lowest BCUT2D eigenvalue weighted by Gasteiger charge is -2.27. The summed E-state index contributed by atoms with van der Waals surface area (Å²) in [5.41, 5.74) is 0. The van der Waals surface area contributed by atoms with E-state index in [1.165, 1.54) is 6.92 Å². The zero-order chi connectivity index (χ0) is 8.36. The van der Waals surface area contributed by atoms with Crippen molar-refractivity contribution in [1.82, 2.24) is 0 Å². The lowest BCUT2D eigenvalue weighted by molar-refractivity contribution is -0.766. The highest BCUT2D eigenvalue weighted by Crippen LogP contribution is 2.10. The molecule has 0 aromatic rings. The number of hydrogen-bond donors (Lipinski definition) is 2. The maximum absolute atomic E-state index is 10.8. The third kappa shape index (κ3) is 2.68. The summed E-state index contributed by atoms with van der Waals surface area (Å²) in [6.45, 7) is 1.31. The van der Waals surface area contributed by atoms with Gasteiger partial charge in [0, 0.05) is 6.92 Å². The molecular formula is C6H14NO2S+. The first-order valence-electron chi connectivity index (χ1n) is 3.07. The molecule has 0 radical (unpaired) electrons. The van der Waals surface area contributed by atoms with Crippen LogP contribution in [-0.4, -0.2) is 41.5 Å². The van der Waals surface area contributed by atoms with Gasteiger partial charge >= 0.3 is 0 Å². The normalized spacial score (nSPS) is 14.9. The van der Waals surface area contributed by atoms with Gasteiger partial charge in [-0.1, -0.05) is 0 Å². The van der Waals surface area contributed by atoms with Crippen LogP contribution in [0.5, 0.6) is 0 Å². The molecule has 0 aliphatic carbocycles. The number of rotatable bonds is 3. The van der Waals surface area contributed by atoms with Crippen LogP contribution in [0, 0.1) is 0 Å². The van der Waals surface area contributed by atoms with Crippen molar-refractivity contribution in [3.8, 4) is 0 Å². The molecule has 4 heteroatoms. The number of quaternary nitrogens is 1. The number of aliphatic hydroxyl groups excluding tert-OH is 1. The standard InChI is InChI=1S/C6H14NO2S/c1-5(9)6(4-8)7(2,3)10/h6,8,10H,4H2,1-3H3/q+1. The fraction of sp³-hybridized carbons (Fsp3) is 0.833. The van der Waals surface area contributed by atoms with Gasteiger partial charge < -0.3 is 5.11 Å². The number of hydrogen-bond acceptors (Lipinski definition) is 3. The number of carbonyl (C=O) groups excluding carboxylic acids is 1. The summed E-state index contributed by atoms with van der Waals surface area (Å²) in [6, 6.07) is -0.414. The number of carbonyl (C=O) groups is 1. The number of thiol groups is 1. The molecule has 60 valence electrons. The predicted octanol–water partition coefficient (Wildman–Crippen LogP) is -0.143. The van der Waals surface area contributed by atoms with Gasteiger partial charge in [0.25, 0.3) is 0 Å². The highest BCUT2D eigenvalue weighted by Gasteiger charge is 2.28. The summed E-state index contributed by atoms with van der Waals surface area (Å²) >= 11 is 4.13. The van der Waals surface area contributed by atoms with Crippen molar-refractivity contribution in [1.29, 1.82) is 0 Å². The number of Topliss-reactive ketones (excluding diaryl/α,β-unsaturated/α-hetero) is 1. The quantitative estimate of drug-likeness (QED) is 0.450. The second kappa shape index (κ2) is 3.37. The van der Waals surface area contributed by atoms with E-state index in [1.54, 1.807) is 14.1 Å². The summed E-state index contributed by atoms with van der Waals surface area (Å²) in [6.07, 6.45) is 0. The van der Waals surface area contributed by atoms with Crippen molar-refractivity contribution in [3.63, 3.8) is 0 Å². The number of likely N-dealkylation sites (N-methyl/N-ethyl adjacent to an activating group) is 1. The Morgan fingerprint density at radius 1 is 1.70 bits per heavy atom. The molecule has 0 saturated heterocycles. The third-order valence-corrected chi connectivity index (χ3v) is 1.68. The first kappa shape index (κ1) is 9.94. The number of aliphatic hydroxyl groups is 1. The van der Waals surface area contributed by atoms with Crippen molar-refractivity contribution in [3.05, 3.63) is 0 Å². The van der Waals surface area contributed by atoms with Crippen molar-refractivity contribution < 1.29 is 13.8 Å². The zero-order valence-corrected chi connectivity index (χ0v) is 7.43. The van der Waals surface area contributed by atoms with E-state index in [4.69, 9.17) is 5.11 Å². The molecule has 10 heavy (non-hydrogen) atoms. The van der Waals surface area contributed by atoms with E-state index < -0.39 is 6.04 Å². The van der Waals surface area contributed by atoms with Crippen LogP contribution in [0.3, 0.4) is 0 Å². The Balaban J connectivity index is 4.22. The molecule has 1 N–H and O–H groups in total. The molecule has 0 rings (SSSR count). The maximum Gasteiger partial charge on any atom is 0.190 e. The Morgan fingerprint density at radius 2 is 2.10 bits per heavy atom. The second-order valence-corrected chi connectivity index (χ2v) is 3.82. The van der Waals surface area contributed by atoms with Gasteiger partial charge in [-0.2, -0.15) is 0 Å². The van der Waals surface area contributed by atoms with Gasteiger partial charge in [0.15, 0.2) is 11.8 Å². The van der Waals surface area contributed by atoms with Gasteiger partial charge in [-0.05, 0) is 0 Å². The summed E-state index contributed by atoms with van der Waals surface area (Å²) in [4.78, 5) is 10.8. The Bertz CT molecular complexity index is 130. The number of ketones is 1. The highest BCUT2D eigenvalue weighted by molar-refractivity contribution is 7.74. The monoisotopic (exact) mass is 164 g/mol. The Morgan fingerprint density at radius 3 is 2.10 bits per heavy atom. The Hall–Kier alpha value is -0.0600. The molecular weight excluding hydrogens is 150 g/mol. The first-order chi connectivity index (χ1) is 4.39. The molecule has 0 heterocycles. The topological polar surface area (TPSA) is 37.3 Å². The molecule has 0 aromatic heterocycles. The molecule has 0 fully saturated rings. The minimum Gasteiger partial charge on any atom is -0.390 e.